The number of aromatic carboxylic acids is 1. The number of halogens is 1. The van der Waals surface area contributed by atoms with E-state index in [1.165, 1.54) is 0 Å². The molecule has 2 N–H and O–H groups in total. The van der Waals surface area contributed by atoms with Crippen LogP contribution in [-0.2, 0) is 0 Å². The van der Waals surface area contributed by atoms with Crippen molar-refractivity contribution >= 4 is 29.1 Å². The predicted molar refractivity (Wildman–Crippen MR) is 76.1 cm³/mol. The number of nitro benzene ring substituents is 1. The Morgan fingerprint density at radius 3 is 2.75 bits per heavy atom. The Kier molecular flexibility index (Phi) is 5.75. The first-order chi connectivity index (χ1) is 9.36. The first kappa shape index (κ1) is 16.2. The normalized spacial score (nSPS) is 11.9. The molecule has 1 atom stereocenters. The van der Waals surface area contributed by atoms with E-state index in [-0.39, 0.29) is 11.7 Å². The van der Waals surface area contributed by atoms with E-state index >= 15 is 0 Å². The number of hydrogen-bond acceptors (Lipinski definition) is 5. The van der Waals surface area contributed by atoms with Crippen molar-refractivity contribution in [1.29, 1.82) is 0 Å². The number of nitrogens with zero attached hydrogens (tertiary/aromatic N) is 1. The quantitative estimate of drug-likeness (QED) is 0.594. The molecule has 0 bridgehead atoms. The molecule has 0 spiro atoms. The van der Waals surface area contributed by atoms with Gasteiger partial charge >= 0.3 is 5.97 Å². The molecule has 0 aliphatic rings. The lowest BCUT2D eigenvalue weighted by Gasteiger charge is -2.15. The maximum Gasteiger partial charge on any atom is 0.338 e. The molecule has 0 saturated heterocycles. The molecule has 8 heteroatoms. The summed E-state index contributed by atoms with van der Waals surface area (Å²) in [6.45, 7) is 1.82. The SMILES string of the molecule is CSCCC(C)Nc1cc(C(=O)O)c(F)cc1[N+](=O)[O-]. The Bertz CT molecular complexity index is 524. The summed E-state index contributed by atoms with van der Waals surface area (Å²) in [5.74, 6) is -1.72. The summed E-state index contributed by atoms with van der Waals surface area (Å²) >= 11 is 1.63. The van der Waals surface area contributed by atoms with Crippen LogP contribution in [0.5, 0.6) is 0 Å². The fourth-order valence-corrected chi connectivity index (χ4v) is 2.21. The van der Waals surface area contributed by atoms with Gasteiger partial charge in [-0.15, -0.1) is 0 Å². The van der Waals surface area contributed by atoms with E-state index in [0.717, 1.165) is 18.2 Å². The van der Waals surface area contributed by atoms with E-state index in [1.807, 2.05) is 13.2 Å². The second-order valence-electron chi connectivity index (χ2n) is 4.24. The number of hydrogen-bond donors (Lipinski definition) is 2. The van der Waals surface area contributed by atoms with E-state index in [1.54, 1.807) is 11.8 Å². The summed E-state index contributed by atoms with van der Waals surface area (Å²) in [6, 6.07) is 1.51. The van der Waals surface area contributed by atoms with Gasteiger partial charge in [0.2, 0.25) is 0 Å². The Morgan fingerprint density at radius 1 is 1.60 bits per heavy atom. The van der Waals surface area contributed by atoms with Crippen molar-refractivity contribution in [3.8, 4) is 0 Å². The minimum atomic E-state index is -1.46. The zero-order valence-corrected chi connectivity index (χ0v) is 11.9. The van der Waals surface area contributed by atoms with Gasteiger partial charge in [0.15, 0.2) is 0 Å². The molecule has 110 valence electrons. The van der Waals surface area contributed by atoms with Crippen molar-refractivity contribution in [2.45, 2.75) is 19.4 Å². The Hall–Kier alpha value is -1.83. The first-order valence-electron chi connectivity index (χ1n) is 5.83. The molecular weight excluding hydrogens is 287 g/mol. The van der Waals surface area contributed by atoms with Gasteiger partial charge in [-0.3, -0.25) is 10.1 Å². The number of nitrogens with one attached hydrogen (secondary N) is 1. The summed E-state index contributed by atoms with van der Waals surface area (Å²) in [7, 11) is 0. The third-order valence-electron chi connectivity index (χ3n) is 2.67. The van der Waals surface area contributed by atoms with E-state index in [2.05, 4.69) is 5.32 Å². The molecule has 20 heavy (non-hydrogen) atoms. The average Bonchev–Trinajstić information content (AvgIpc) is 2.37. The topological polar surface area (TPSA) is 92.5 Å². The molecular formula is C12H15FN2O4S. The Labute approximate surface area is 119 Å². The highest BCUT2D eigenvalue weighted by atomic mass is 32.2. The van der Waals surface area contributed by atoms with Crippen LogP contribution in [0.1, 0.15) is 23.7 Å². The van der Waals surface area contributed by atoms with Gasteiger partial charge in [-0.1, -0.05) is 0 Å². The highest BCUT2D eigenvalue weighted by molar-refractivity contribution is 7.98. The van der Waals surface area contributed by atoms with Crippen LogP contribution >= 0.6 is 11.8 Å². The molecule has 0 saturated carbocycles. The van der Waals surface area contributed by atoms with Crippen molar-refractivity contribution in [2.75, 3.05) is 17.3 Å². The molecule has 1 aromatic rings. The summed E-state index contributed by atoms with van der Waals surface area (Å²) < 4.78 is 13.5. The molecule has 0 aromatic heterocycles. The average molecular weight is 302 g/mol. The Balaban J connectivity index is 3.11. The standard InChI is InChI=1S/C12H15FN2O4S/c1-7(3-4-20-2)14-10-5-8(12(16)17)9(13)6-11(10)15(18)19/h5-7,14H,3-4H2,1-2H3,(H,16,17). The molecule has 0 heterocycles. The lowest BCUT2D eigenvalue weighted by Crippen LogP contribution is -2.17. The molecule has 0 aliphatic heterocycles. The van der Waals surface area contributed by atoms with Crippen LogP contribution < -0.4 is 5.32 Å². The zero-order valence-electron chi connectivity index (χ0n) is 11.1. The minimum Gasteiger partial charge on any atom is -0.478 e. The number of carboxylic acids is 1. The number of rotatable bonds is 7. The van der Waals surface area contributed by atoms with Crippen LogP contribution in [0.25, 0.3) is 0 Å². The Morgan fingerprint density at radius 2 is 2.25 bits per heavy atom. The van der Waals surface area contributed by atoms with E-state index in [0.29, 0.717) is 6.07 Å². The zero-order chi connectivity index (χ0) is 15.3. The van der Waals surface area contributed by atoms with E-state index in [4.69, 9.17) is 5.11 Å². The number of carboxylic acid groups (broad SMARTS) is 1. The van der Waals surface area contributed by atoms with Gasteiger partial charge in [-0.05, 0) is 31.4 Å². The molecule has 0 radical (unpaired) electrons. The first-order valence-corrected chi connectivity index (χ1v) is 7.23. The van der Waals surface area contributed by atoms with Crippen molar-refractivity contribution in [2.24, 2.45) is 0 Å². The molecule has 0 aliphatic carbocycles. The third kappa shape index (κ3) is 4.09. The monoisotopic (exact) mass is 302 g/mol. The van der Waals surface area contributed by atoms with Gasteiger partial charge in [0.25, 0.3) is 5.69 Å². The van der Waals surface area contributed by atoms with Gasteiger partial charge in [-0.2, -0.15) is 11.8 Å². The fourth-order valence-electron chi connectivity index (χ4n) is 1.63. The van der Waals surface area contributed by atoms with Gasteiger partial charge in [0.1, 0.15) is 11.5 Å². The number of anilines is 1. The highest BCUT2D eigenvalue weighted by Gasteiger charge is 2.22. The summed E-state index contributed by atoms with van der Waals surface area (Å²) in [5, 5.41) is 22.6. The second-order valence-corrected chi connectivity index (χ2v) is 5.22. The van der Waals surface area contributed by atoms with E-state index < -0.39 is 28.0 Å². The smallest absolute Gasteiger partial charge is 0.338 e. The van der Waals surface area contributed by atoms with Crippen molar-refractivity contribution in [3.63, 3.8) is 0 Å². The molecule has 1 unspecified atom stereocenters. The van der Waals surface area contributed by atoms with Crippen LogP contribution in [-0.4, -0.2) is 34.0 Å². The number of thioether (sulfide) groups is 1. The summed E-state index contributed by atoms with van der Waals surface area (Å²) in [6.07, 6.45) is 2.69. The van der Waals surface area contributed by atoms with Crippen LogP contribution in [0.4, 0.5) is 15.8 Å². The lowest BCUT2D eigenvalue weighted by molar-refractivity contribution is -0.384. The predicted octanol–water partition coefficient (Wildman–Crippen LogP) is 2.99. The van der Waals surface area contributed by atoms with Gasteiger partial charge in [0, 0.05) is 6.04 Å². The highest BCUT2D eigenvalue weighted by Crippen LogP contribution is 2.29. The molecule has 1 rings (SSSR count). The summed E-state index contributed by atoms with van der Waals surface area (Å²) in [5.41, 5.74) is -1.04. The van der Waals surface area contributed by atoms with Gasteiger partial charge in [-0.25, -0.2) is 9.18 Å². The van der Waals surface area contributed by atoms with Crippen molar-refractivity contribution in [1.82, 2.24) is 0 Å². The molecule has 6 nitrogen and oxygen atoms in total. The summed E-state index contributed by atoms with van der Waals surface area (Å²) in [4.78, 5) is 21.0. The molecule has 0 fully saturated rings. The van der Waals surface area contributed by atoms with Crippen molar-refractivity contribution in [3.05, 3.63) is 33.6 Å². The second kappa shape index (κ2) is 7.09. The van der Waals surface area contributed by atoms with E-state index in [9.17, 15) is 19.3 Å². The molecule has 1 aromatic carbocycles. The van der Waals surface area contributed by atoms with Crippen LogP contribution in [0.2, 0.25) is 0 Å². The lowest BCUT2D eigenvalue weighted by atomic mass is 10.1. The van der Waals surface area contributed by atoms with Crippen LogP contribution in [0.15, 0.2) is 12.1 Å². The van der Waals surface area contributed by atoms with Crippen molar-refractivity contribution < 1.29 is 19.2 Å². The molecule has 0 amide bonds. The largest absolute Gasteiger partial charge is 0.478 e. The minimum absolute atomic E-state index is 0.0161. The maximum atomic E-state index is 13.5. The third-order valence-corrected chi connectivity index (χ3v) is 3.31. The van der Waals surface area contributed by atoms with Gasteiger partial charge < -0.3 is 10.4 Å². The van der Waals surface area contributed by atoms with Gasteiger partial charge in [0.05, 0.1) is 16.6 Å². The number of nitro groups is 1. The fraction of sp³-hybridized carbons (Fsp3) is 0.417. The number of benzene rings is 1. The van der Waals surface area contributed by atoms with Crippen LogP contribution in [0, 0.1) is 15.9 Å². The number of carbonyl (C=O) groups is 1. The maximum absolute atomic E-state index is 13.5. The van der Waals surface area contributed by atoms with Crippen LogP contribution in [0.3, 0.4) is 0 Å².